The van der Waals surface area contributed by atoms with Crippen LogP contribution in [0.3, 0.4) is 0 Å². The first-order valence-electron chi connectivity index (χ1n) is 4.09. The highest BCUT2D eigenvalue weighted by Gasteiger charge is 2.23. The van der Waals surface area contributed by atoms with E-state index in [4.69, 9.17) is 0 Å². The molecule has 15 heavy (non-hydrogen) atoms. The zero-order valence-corrected chi connectivity index (χ0v) is 7.43. The Bertz CT molecular complexity index is 462. The molecule has 1 unspecified atom stereocenters. The number of aromatic amines is 1. The highest BCUT2D eigenvalue weighted by atomic mass is 16.1. The van der Waals surface area contributed by atoms with Gasteiger partial charge in [-0.15, -0.1) is 0 Å². The lowest BCUT2D eigenvalue weighted by Crippen LogP contribution is -2.27. The topological polar surface area (TPSA) is 104 Å². The quantitative estimate of drug-likeness (QED) is 0.627. The number of nitrogens with zero attached hydrogens (tertiary/aromatic N) is 2. The van der Waals surface area contributed by atoms with E-state index in [-0.39, 0.29) is 17.4 Å². The molecule has 1 aromatic heterocycles. The predicted octanol–water partition coefficient (Wildman–Crippen LogP) is -0.839. The Morgan fingerprint density at radius 1 is 1.20 bits per heavy atom. The molecule has 2 heterocycles. The molecule has 0 spiro atoms. The summed E-state index contributed by atoms with van der Waals surface area (Å²) in [5.74, 6) is 0.361. The van der Waals surface area contributed by atoms with Gasteiger partial charge in [0.15, 0.2) is 36.7 Å². The van der Waals surface area contributed by atoms with Crippen molar-refractivity contribution in [3.8, 4) is 0 Å². The first-order chi connectivity index (χ1) is 7.28. The normalized spacial score (nSPS) is 18.4. The van der Waals surface area contributed by atoms with E-state index in [0.717, 1.165) is 0 Å². The van der Waals surface area contributed by atoms with E-state index in [2.05, 4.69) is 20.3 Å². The number of aldehydes is 3. The van der Waals surface area contributed by atoms with Crippen molar-refractivity contribution < 1.29 is 14.4 Å². The number of nitrogens with one attached hydrogen (secondary N) is 2. The van der Waals surface area contributed by atoms with Crippen LogP contribution in [0.25, 0.3) is 0 Å². The zero-order chi connectivity index (χ0) is 10.8. The number of fused-ring (bicyclic) bond motifs is 1. The molecule has 7 heteroatoms. The molecule has 0 saturated carbocycles. The molecule has 76 valence electrons. The first kappa shape index (κ1) is 9.25. The van der Waals surface area contributed by atoms with Crippen molar-refractivity contribution in [2.24, 2.45) is 4.99 Å². The summed E-state index contributed by atoms with van der Waals surface area (Å²) in [4.78, 5) is 41.9. The number of hydrogen-bond acceptors (Lipinski definition) is 6. The number of carbonyl (C=O) groups is 3. The fraction of sp³-hybridized carbons (Fsp3) is 0.125. The van der Waals surface area contributed by atoms with Gasteiger partial charge < -0.3 is 10.3 Å². The maximum Gasteiger partial charge on any atom is 0.185 e. The summed E-state index contributed by atoms with van der Waals surface area (Å²) >= 11 is 0. The Morgan fingerprint density at radius 2 is 2.00 bits per heavy atom. The zero-order valence-electron chi connectivity index (χ0n) is 7.43. The molecule has 0 fully saturated rings. The third-order valence-electron chi connectivity index (χ3n) is 1.89. The summed E-state index contributed by atoms with van der Waals surface area (Å²) in [6.07, 6.45) is 0.726. The van der Waals surface area contributed by atoms with E-state index in [0.29, 0.717) is 24.6 Å². The van der Waals surface area contributed by atoms with Crippen LogP contribution in [0.5, 0.6) is 0 Å². The predicted molar refractivity (Wildman–Crippen MR) is 50.1 cm³/mol. The summed E-state index contributed by atoms with van der Waals surface area (Å²) in [5.41, 5.74) is 0.395. The second-order valence-electron chi connectivity index (χ2n) is 2.82. The number of carbonyl (C=O) groups excluding carboxylic acids is 3. The molecule has 7 nitrogen and oxygen atoms in total. The number of hydrogen-bond donors (Lipinski definition) is 2. The number of anilines is 1. The molecule has 0 saturated heterocycles. The van der Waals surface area contributed by atoms with Gasteiger partial charge >= 0.3 is 0 Å². The Kier molecular flexibility index (Phi) is 2.13. The largest absolute Gasteiger partial charge is 0.341 e. The van der Waals surface area contributed by atoms with Gasteiger partial charge in [-0.3, -0.25) is 14.4 Å². The minimum atomic E-state index is -0.833. The number of aliphatic imine (C=N–C) groups is 1. The average Bonchev–Trinajstić information content (AvgIpc) is 2.70. The van der Waals surface area contributed by atoms with Crippen molar-refractivity contribution in [2.75, 3.05) is 5.32 Å². The van der Waals surface area contributed by atoms with Crippen LogP contribution in [-0.2, 0) is 9.59 Å². The van der Waals surface area contributed by atoms with Gasteiger partial charge in [-0.25, -0.2) is 9.98 Å². The van der Waals surface area contributed by atoms with Crippen LogP contribution >= 0.6 is 0 Å². The van der Waals surface area contributed by atoms with E-state index in [1.54, 1.807) is 0 Å². The standard InChI is InChI=1S/C8H6N4O3/c13-1-4-7-8(11-5(2-14)9-4)12-6(3-15)10-7/h1-3,5,11H,(H,10,12). The summed E-state index contributed by atoms with van der Waals surface area (Å²) in [6.45, 7) is 0. The Hall–Kier alpha value is -2.31. The van der Waals surface area contributed by atoms with E-state index >= 15 is 0 Å². The highest BCUT2D eigenvalue weighted by molar-refractivity contribution is 6.37. The number of H-pyrrole nitrogens is 1. The lowest BCUT2D eigenvalue weighted by molar-refractivity contribution is -0.108. The van der Waals surface area contributed by atoms with Gasteiger partial charge in [0.2, 0.25) is 0 Å². The molecule has 1 aromatic rings. The number of rotatable bonds is 3. The van der Waals surface area contributed by atoms with Crippen LogP contribution in [0, 0.1) is 0 Å². The molecule has 0 amide bonds. The van der Waals surface area contributed by atoms with Gasteiger partial charge in [-0.05, 0) is 0 Å². The summed E-state index contributed by atoms with van der Waals surface area (Å²) in [5, 5.41) is 2.65. The van der Waals surface area contributed by atoms with Gasteiger partial charge in [0, 0.05) is 0 Å². The van der Waals surface area contributed by atoms with Crippen LogP contribution < -0.4 is 5.32 Å². The van der Waals surface area contributed by atoms with E-state index in [1.807, 2.05) is 0 Å². The van der Waals surface area contributed by atoms with Gasteiger partial charge in [0.05, 0.1) is 0 Å². The van der Waals surface area contributed by atoms with Crippen LogP contribution in [0.1, 0.15) is 16.3 Å². The van der Waals surface area contributed by atoms with Crippen LogP contribution in [-0.4, -0.2) is 40.7 Å². The van der Waals surface area contributed by atoms with E-state index in [1.165, 1.54) is 0 Å². The summed E-state index contributed by atoms with van der Waals surface area (Å²) in [7, 11) is 0. The van der Waals surface area contributed by atoms with Crippen LogP contribution in [0.4, 0.5) is 5.82 Å². The Balaban J connectivity index is 2.51. The Labute approximate surface area is 83.6 Å². The van der Waals surface area contributed by atoms with Gasteiger partial charge in [0.25, 0.3) is 0 Å². The third-order valence-corrected chi connectivity index (χ3v) is 1.89. The average molecular weight is 206 g/mol. The molecule has 2 N–H and O–H groups in total. The molecule has 2 rings (SSSR count). The van der Waals surface area contributed by atoms with Crippen LogP contribution in [0.15, 0.2) is 4.99 Å². The van der Waals surface area contributed by atoms with Gasteiger partial charge in [-0.2, -0.15) is 0 Å². The molecule has 0 aromatic carbocycles. The molecule has 0 aliphatic carbocycles. The number of imidazole rings is 1. The highest BCUT2D eigenvalue weighted by Crippen LogP contribution is 2.18. The van der Waals surface area contributed by atoms with Crippen molar-refractivity contribution in [3.05, 3.63) is 11.5 Å². The summed E-state index contributed by atoms with van der Waals surface area (Å²) in [6, 6.07) is 0. The first-order valence-corrected chi connectivity index (χ1v) is 4.09. The fourth-order valence-corrected chi connectivity index (χ4v) is 1.28. The monoisotopic (exact) mass is 206 g/mol. The molecule has 0 radical (unpaired) electrons. The maximum atomic E-state index is 10.7. The minimum Gasteiger partial charge on any atom is -0.341 e. The third kappa shape index (κ3) is 1.43. The number of aromatic nitrogens is 2. The molecule has 1 aliphatic heterocycles. The molecule has 0 bridgehead atoms. The molecular weight excluding hydrogens is 200 g/mol. The molecular formula is C8H6N4O3. The van der Waals surface area contributed by atoms with Gasteiger partial charge in [-0.1, -0.05) is 0 Å². The Morgan fingerprint density at radius 3 is 2.60 bits per heavy atom. The van der Waals surface area contributed by atoms with E-state index < -0.39 is 6.17 Å². The van der Waals surface area contributed by atoms with Crippen LogP contribution in [0.2, 0.25) is 0 Å². The lowest BCUT2D eigenvalue weighted by Gasteiger charge is -2.14. The van der Waals surface area contributed by atoms with Gasteiger partial charge in [0.1, 0.15) is 11.4 Å². The lowest BCUT2D eigenvalue weighted by atomic mass is 10.2. The summed E-state index contributed by atoms with van der Waals surface area (Å²) < 4.78 is 0. The van der Waals surface area contributed by atoms with Crippen molar-refractivity contribution in [2.45, 2.75) is 6.17 Å². The van der Waals surface area contributed by atoms with Crippen molar-refractivity contribution in [1.29, 1.82) is 0 Å². The molecule has 1 aliphatic rings. The smallest absolute Gasteiger partial charge is 0.185 e. The fourth-order valence-electron chi connectivity index (χ4n) is 1.28. The second kappa shape index (κ2) is 3.45. The second-order valence-corrected chi connectivity index (χ2v) is 2.82. The van der Waals surface area contributed by atoms with Crippen molar-refractivity contribution in [1.82, 2.24) is 9.97 Å². The van der Waals surface area contributed by atoms with E-state index in [9.17, 15) is 14.4 Å². The molecule has 1 atom stereocenters. The minimum absolute atomic E-state index is 0.0708. The SMILES string of the molecule is O=CC1=NC(C=O)Nc2nc(C=O)[nH]c21. The van der Waals surface area contributed by atoms with Crippen molar-refractivity contribution in [3.63, 3.8) is 0 Å². The van der Waals surface area contributed by atoms with Crippen molar-refractivity contribution >= 4 is 30.4 Å². The maximum absolute atomic E-state index is 10.7.